The monoisotopic (exact) mass is 311 g/mol. The first kappa shape index (κ1) is 14.7. The van der Waals surface area contributed by atoms with Crippen molar-refractivity contribution in [2.45, 2.75) is 20.3 Å². The Kier molecular flexibility index (Phi) is 3.71. The summed E-state index contributed by atoms with van der Waals surface area (Å²) in [5, 5.41) is 9.22. The first-order valence-electron chi connectivity index (χ1n) is 7.12. The summed E-state index contributed by atoms with van der Waals surface area (Å²) >= 11 is 1.63. The first-order chi connectivity index (χ1) is 10.5. The number of benzene rings is 2. The summed E-state index contributed by atoms with van der Waals surface area (Å²) in [6.07, 6.45) is 0.517. The SMILES string of the molecule is CC(C)(Cc1ccc(-c2cccc3scnc23)cc1)C(=O)O. The summed E-state index contributed by atoms with van der Waals surface area (Å²) in [6, 6.07) is 14.3. The predicted octanol–water partition coefficient (Wildman–Crippen LogP) is 4.62. The molecule has 1 N–H and O–H groups in total. The van der Waals surface area contributed by atoms with Gasteiger partial charge >= 0.3 is 5.97 Å². The number of aromatic nitrogens is 1. The van der Waals surface area contributed by atoms with Crippen LogP contribution in [0.25, 0.3) is 21.3 Å². The Morgan fingerprint density at radius 3 is 2.59 bits per heavy atom. The summed E-state index contributed by atoms with van der Waals surface area (Å²) < 4.78 is 1.17. The smallest absolute Gasteiger partial charge is 0.309 e. The van der Waals surface area contributed by atoms with E-state index in [1.54, 1.807) is 25.2 Å². The third kappa shape index (κ3) is 2.74. The number of hydrogen-bond donors (Lipinski definition) is 1. The third-order valence-electron chi connectivity index (χ3n) is 3.85. The van der Waals surface area contributed by atoms with Crippen LogP contribution in [0.4, 0.5) is 0 Å². The molecule has 1 aromatic heterocycles. The van der Waals surface area contributed by atoms with Crippen molar-refractivity contribution in [3.8, 4) is 11.1 Å². The fourth-order valence-electron chi connectivity index (χ4n) is 2.51. The van der Waals surface area contributed by atoms with Crippen LogP contribution in [-0.2, 0) is 11.2 Å². The lowest BCUT2D eigenvalue weighted by Gasteiger charge is -2.19. The molecule has 1 heterocycles. The van der Waals surface area contributed by atoms with Crippen LogP contribution in [0.15, 0.2) is 48.0 Å². The van der Waals surface area contributed by atoms with Gasteiger partial charge in [0, 0.05) is 5.56 Å². The van der Waals surface area contributed by atoms with Gasteiger partial charge in [0.25, 0.3) is 0 Å². The minimum absolute atomic E-state index is 0.517. The largest absolute Gasteiger partial charge is 0.481 e. The molecule has 0 spiro atoms. The Morgan fingerprint density at radius 1 is 1.18 bits per heavy atom. The van der Waals surface area contributed by atoms with Crippen molar-refractivity contribution in [2.24, 2.45) is 5.41 Å². The van der Waals surface area contributed by atoms with Gasteiger partial charge in [-0.1, -0.05) is 36.4 Å². The quantitative estimate of drug-likeness (QED) is 0.765. The first-order valence-corrected chi connectivity index (χ1v) is 8.00. The van der Waals surface area contributed by atoms with Crippen molar-refractivity contribution >= 4 is 27.5 Å². The van der Waals surface area contributed by atoms with Crippen LogP contribution in [0, 0.1) is 5.41 Å². The molecule has 0 aliphatic rings. The van der Waals surface area contributed by atoms with Crippen molar-refractivity contribution in [1.82, 2.24) is 4.98 Å². The number of nitrogens with zero attached hydrogens (tertiary/aromatic N) is 1. The molecule has 3 rings (SSSR count). The molecule has 0 fully saturated rings. The van der Waals surface area contributed by atoms with E-state index in [1.807, 2.05) is 35.8 Å². The maximum absolute atomic E-state index is 11.2. The maximum Gasteiger partial charge on any atom is 0.309 e. The van der Waals surface area contributed by atoms with Gasteiger partial charge < -0.3 is 5.11 Å². The lowest BCUT2D eigenvalue weighted by molar-refractivity contribution is -0.146. The highest BCUT2D eigenvalue weighted by Gasteiger charge is 2.27. The lowest BCUT2D eigenvalue weighted by Crippen LogP contribution is -2.26. The van der Waals surface area contributed by atoms with Gasteiger partial charge in [-0.05, 0) is 37.5 Å². The molecule has 0 amide bonds. The van der Waals surface area contributed by atoms with Crippen molar-refractivity contribution in [1.29, 1.82) is 0 Å². The second kappa shape index (κ2) is 5.54. The van der Waals surface area contributed by atoms with E-state index in [4.69, 9.17) is 0 Å². The highest BCUT2D eigenvalue weighted by atomic mass is 32.1. The van der Waals surface area contributed by atoms with E-state index in [1.165, 1.54) is 4.70 Å². The van der Waals surface area contributed by atoms with E-state index in [0.717, 1.165) is 22.2 Å². The average Bonchev–Trinajstić information content (AvgIpc) is 2.96. The number of fused-ring (bicyclic) bond motifs is 1. The highest BCUT2D eigenvalue weighted by Crippen LogP contribution is 2.30. The molecule has 112 valence electrons. The standard InChI is InChI=1S/C18H17NO2S/c1-18(2,17(20)21)10-12-6-8-13(9-7-12)14-4-3-5-15-16(14)19-11-22-15/h3-9,11H,10H2,1-2H3,(H,20,21). The second-order valence-electron chi connectivity index (χ2n) is 6.07. The molecule has 22 heavy (non-hydrogen) atoms. The molecule has 4 heteroatoms. The zero-order valence-electron chi connectivity index (χ0n) is 12.5. The van der Waals surface area contributed by atoms with Crippen molar-refractivity contribution in [3.05, 3.63) is 53.5 Å². The van der Waals surface area contributed by atoms with E-state index < -0.39 is 11.4 Å². The van der Waals surface area contributed by atoms with Gasteiger partial charge in [0.2, 0.25) is 0 Å². The van der Waals surface area contributed by atoms with E-state index in [0.29, 0.717) is 6.42 Å². The van der Waals surface area contributed by atoms with Gasteiger partial charge in [0.15, 0.2) is 0 Å². The number of carboxylic acids is 1. The van der Waals surface area contributed by atoms with Gasteiger partial charge in [-0.25, -0.2) is 4.98 Å². The van der Waals surface area contributed by atoms with Crippen LogP contribution in [0.5, 0.6) is 0 Å². The molecule has 0 unspecified atom stereocenters. The normalized spacial score (nSPS) is 11.7. The van der Waals surface area contributed by atoms with Crippen molar-refractivity contribution < 1.29 is 9.90 Å². The molecular weight excluding hydrogens is 294 g/mol. The Morgan fingerprint density at radius 2 is 1.91 bits per heavy atom. The fourth-order valence-corrected chi connectivity index (χ4v) is 3.21. The van der Waals surface area contributed by atoms with Crippen molar-refractivity contribution in [3.63, 3.8) is 0 Å². The average molecular weight is 311 g/mol. The van der Waals surface area contributed by atoms with Crippen LogP contribution in [0.3, 0.4) is 0 Å². The molecule has 0 saturated carbocycles. The number of carbonyl (C=O) groups is 1. The number of hydrogen-bond acceptors (Lipinski definition) is 3. The molecule has 0 aliphatic heterocycles. The zero-order valence-corrected chi connectivity index (χ0v) is 13.4. The topological polar surface area (TPSA) is 50.2 Å². The molecule has 0 aliphatic carbocycles. The van der Waals surface area contributed by atoms with Crippen LogP contribution in [0.1, 0.15) is 19.4 Å². The molecular formula is C18H17NO2S. The Balaban J connectivity index is 1.92. The van der Waals surface area contributed by atoms with Gasteiger partial charge in [0.05, 0.1) is 21.1 Å². The maximum atomic E-state index is 11.2. The summed E-state index contributed by atoms with van der Waals surface area (Å²) in [6.45, 7) is 3.50. The summed E-state index contributed by atoms with van der Waals surface area (Å²) in [7, 11) is 0. The predicted molar refractivity (Wildman–Crippen MR) is 90.2 cm³/mol. The second-order valence-corrected chi connectivity index (χ2v) is 6.95. The van der Waals surface area contributed by atoms with E-state index in [2.05, 4.69) is 17.1 Å². The van der Waals surface area contributed by atoms with E-state index in [9.17, 15) is 9.90 Å². The number of para-hydroxylation sites is 1. The number of rotatable bonds is 4. The molecule has 2 aromatic carbocycles. The van der Waals surface area contributed by atoms with Gasteiger partial charge in [0.1, 0.15) is 0 Å². The van der Waals surface area contributed by atoms with Crippen LogP contribution < -0.4 is 0 Å². The zero-order chi connectivity index (χ0) is 15.7. The third-order valence-corrected chi connectivity index (χ3v) is 4.64. The Labute approximate surface area is 133 Å². The van der Waals surface area contributed by atoms with Gasteiger partial charge in [-0.3, -0.25) is 4.79 Å². The summed E-state index contributed by atoms with van der Waals surface area (Å²) in [5.41, 5.74) is 5.37. The van der Waals surface area contributed by atoms with Crippen LogP contribution in [0.2, 0.25) is 0 Å². The van der Waals surface area contributed by atoms with E-state index >= 15 is 0 Å². The number of carboxylic acid groups (broad SMARTS) is 1. The Hall–Kier alpha value is -2.20. The number of aliphatic carboxylic acids is 1. The highest BCUT2D eigenvalue weighted by molar-refractivity contribution is 7.16. The molecule has 3 nitrogen and oxygen atoms in total. The van der Waals surface area contributed by atoms with E-state index in [-0.39, 0.29) is 0 Å². The molecule has 0 bridgehead atoms. The molecule has 3 aromatic rings. The minimum Gasteiger partial charge on any atom is -0.481 e. The summed E-state index contributed by atoms with van der Waals surface area (Å²) in [5.74, 6) is -0.774. The van der Waals surface area contributed by atoms with Crippen molar-refractivity contribution in [2.75, 3.05) is 0 Å². The van der Waals surface area contributed by atoms with Gasteiger partial charge in [-0.15, -0.1) is 11.3 Å². The number of thiazole rings is 1. The van der Waals surface area contributed by atoms with Gasteiger partial charge in [-0.2, -0.15) is 0 Å². The lowest BCUT2D eigenvalue weighted by atomic mass is 9.85. The van der Waals surface area contributed by atoms with Crippen LogP contribution in [-0.4, -0.2) is 16.1 Å². The summed E-state index contributed by atoms with van der Waals surface area (Å²) in [4.78, 5) is 15.7. The minimum atomic E-state index is -0.774. The molecule has 0 atom stereocenters. The van der Waals surface area contributed by atoms with Crippen LogP contribution >= 0.6 is 11.3 Å². The fraction of sp³-hybridized carbons (Fsp3) is 0.222. The molecule has 0 radical (unpaired) electrons. The molecule has 0 saturated heterocycles. The Bertz CT molecular complexity index is 818.